The molecule has 2 heterocycles. The Hall–Kier alpha value is -2.20. The number of carboxylic acid groups (broad SMARTS) is 1. The van der Waals surface area contributed by atoms with E-state index in [4.69, 9.17) is 5.11 Å². The van der Waals surface area contributed by atoms with Crippen molar-refractivity contribution in [2.45, 2.75) is 77.0 Å². The van der Waals surface area contributed by atoms with Crippen LogP contribution in [-0.4, -0.2) is 27.9 Å². The van der Waals surface area contributed by atoms with Crippen molar-refractivity contribution in [1.29, 1.82) is 0 Å². The SMILES string of the molecule is CC1(C)C(C=Cc2cccs2)=[N+](CCCCCCCCCCC(=O)O)c2ccccc21. The Kier molecular flexibility index (Phi) is 8.65. The van der Waals surface area contributed by atoms with Crippen LogP contribution in [0.5, 0.6) is 0 Å². The van der Waals surface area contributed by atoms with Gasteiger partial charge in [-0.1, -0.05) is 56.4 Å². The van der Waals surface area contributed by atoms with Gasteiger partial charge in [-0.2, -0.15) is 4.58 Å². The molecule has 2 aromatic rings. The number of allylic oxidation sites excluding steroid dienone is 1. The summed E-state index contributed by atoms with van der Waals surface area (Å²) in [5, 5.41) is 10.8. The first-order valence-electron chi connectivity index (χ1n) is 11.7. The molecule has 0 bridgehead atoms. The van der Waals surface area contributed by atoms with Crippen LogP contribution in [0.4, 0.5) is 5.69 Å². The number of aliphatic carboxylic acids is 1. The second-order valence-corrected chi connectivity index (χ2v) is 9.98. The number of carboxylic acids is 1. The molecule has 0 radical (unpaired) electrons. The molecule has 1 aliphatic heterocycles. The Labute approximate surface area is 191 Å². The summed E-state index contributed by atoms with van der Waals surface area (Å²) in [5.41, 5.74) is 4.18. The van der Waals surface area contributed by atoms with Gasteiger partial charge in [0.2, 0.25) is 5.69 Å². The molecule has 166 valence electrons. The minimum Gasteiger partial charge on any atom is -0.481 e. The third-order valence-corrected chi connectivity index (χ3v) is 7.11. The fraction of sp³-hybridized carbons (Fsp3) is 0.481. The lowest BCUT2D eigenvalue weighted by molar-refractivity contribution is -0.438. The first-order chi connectivity index (χ1) is 15.0. The average molecular weight is 439 g/mol. The van der Waals surface area contributed by atoms with E-state index >= 15 is 0 Å². The molecule has 1 aromatic heterocycles. The highest BCUT2D eigenvalue weighted by molar-refractivity contribution is 7.10. The zero-order chi connectivity index (χ0) is 22.1. The normalized spacial score (nSPS) is 15.0. The second kappa shape index (κ2) is 11.4. The van der Waals surface area contributed by atoms with Crippen LogP contribution in [0.2, 0.25) is 0 Å². The number of thiophene rings is 1. The zero-order valence-electron chi connectivity index (χ0n) is 19.0. The molecule has 31 heavy (non-hydrogen) atoms. The number of para-hydroxylation sites is 1. The minimum atomic E-state index is -0.673. The second-order valence-electron chi connectivity index (χ2n) is 9.00. The molecule has 0 spiro atoms. The Morgan fingerprint density at radius 1 is 0.935 bits per heavy atom. The largest absolute Gasteiger partial charge is 0.481 e. The minimum absolute atomic E-state index is 0.0142. The van der Waals surface area contributed by atoms with Gasteiger partial charge in [0.15, 0.2) is 5.71 Å². The first kappa shape index (κ1) is 23.5. The Morgan fingerprint density at radius 2 is 1.61 bits per heavy atom. The highest BCUT2D eigenvalue weighted by Gasteiger charge is 2.43. The van der Waals surface area contributed by atoms with Crippen LogP contribution in [0.25, 0.3) is 6.08 Å². The molecule has 1 N–H and O–H groups in total. The van der Waals surface area contributed by atoms with Gasteiger partial charge in [-0.25, -0.2) is 0 Å². The number of unbranched alkanes of at least 4 members (excludes halogenated alkanes) is 7. The average Bonchev–Trinajstić information content (AvgIpc) is 3.33. The lowest BCUT2D eigenvalue weighted by Crippen LogP contribution is -2.27. The topological polar surface area (TPSA) is 40.3 Å². The van der Waals surface area contributed by atoms with Crippen LogP contribution in [0, 0.1) is 0 Å². The Bertz CT molecular complexity index is 909. The molecule has 0 saturated carbocycles. The van der Waals surface area contributed by atoms with E-state index in [0.29, 0.717) is 6.42 Å². The molecule has 3 nitrogen and oxygen atoms in total. The summed E-state index contributed by atoms with van der Waals surface area (Å²) >= 11 is 1.78. The molecule has 0 saturated heterocycles. The molecule has 0 unspecified atom stereocenters. The van der Waals surface area contributed by atoms with E-state index in [1.165, 1.54) is 53.9 Å². The van der Waals surface area contributed by atoms with Crippen LogP contribution in [0.1, 0.15) is 82.1 Å². The predicted octanol–water partition coefficient (Wildman–Crippen LogP) is 7.43. The van der Waals surface area contributed by atoms with Gasteiger partial charge in [0.25, 0.3) is 0 Å². The van der Waals surface area contributed by atoms with Crippen molar-refractivity contribution < 1.29 is 14.5 Å². The maximum Gasteiger partial charge on any atom is 0.303 e. The summed E-state index contributed by atoms with van der Waals surface area (Å²) in [6.45, 7) is 5.73. The highest BCUT2D eigenvalue weighted by atomic mass is 32.1. The molecule has 0 aliphatic carbocycles. The van der Waals surface area contributed by atoms with E-state index in [-0.39, 0.29) is 5.41 Å². The number of hydrogen-bond acceptors (Lipinski definition) is 2. The molecule has 3 rings (SSSR count). The standard InChI is InChI=1S/C27H35NO2S/c1-27(2)23-15-10-11-16-24(23)28(25(27)19-18-22-14-13-21-31-22)20-12-8-6-4-3-5-7-9-17-26(29)30/h10-11,13-16,18-19,21H,3-9,12,17,20H2,1-2H3/p+1. The number of fused-ring (bicyclic) bond motifs is 1. The van der Waals surface area contributed by atoms with E-state index in [0.717, 1.165) is 25.8 Å². The van der Waals surface area contributed by atoms with Gasteiger partial charge < -0.3 is 5.11 Å². The van der Waals surface area contributed by atoms with Gasteiger partial charge >= 0.3 is 5.97 Å². The van der Waals surface area contributed by atoms with E-state index in [1.54, 1.807) is 11.3 Å². The van der Waals surface area contributed by atoms with Crippen LogP contribution in [0.15, 0.2) is 47.9 Å². The lowest BCUT2D eigenvalue weighted by Gasteiger charge is -2.15. The number of carbonyl (C=O) groups is 1. The number of nitrogens with zero attached hydrogens (tertiary/aromatic N) is 1. The lowest BCUT2D eigenvalue weighted by atomic mass is 9.81. The molecule has 0 fully saturated rings. The molecule has 1 aromatic carbocycles. The van der Waals surface area contributed by atoms with Crippen LogP contribution >= 0.6 is 11.3 Å². The quantitative estimate of drug-likeness (QED) is 0.261. The molecule has 0 atom stereocenters. The van der Waals surface area contributed by atoms with Crippen molar-refractivity contribution in [3.63, 3.8) is 0 Å². The van der Waals surface area contributed by atoms with Crippen molar-refractivity contribution in [2.24, 2.45) is 0 Å². The van der Waals surface area contributed by atoms with Crippen molar-refractivity contribution in [3.05, 3.63) is 58.3 Å². The van der Waals surface area contributed by atoms with Gasteiger partial charge in [0, 0.05) is 35.4 Å². The summed E-state index contributed by atoms with van der Waals surface area (Å²) < 4.78 is 2.53. The van der Waals surface area contributed by atoms with Crippen molar-refractivity contribution >= 4 is 34.8 Å². The van der Waals surface area contributed by atoms with Crippen LogP contribution < -0.4 is 0 Å². The summed E-state index contributed by atoms with van der Waals surface area (Å²) in [5.74, 6) is -0.673. The molecule has 4 heteroatoms. The summed E-state index contributed by atoms with van der Waals surface area (Å²) in [7, 11) is 0. The molecule has 1 aliphatic rings. The van der Waals surface area contributed by atoms with Crippen LogP contribution in [-0.2, 0) is 10.2 Å². The highest BCUT2D eigenvalue weighted by Crippen LogP contribution is 2.40. The van der Waals surface area contributed by atoms with Crippen molar-refractivity contribution in [3.8, 4) is 0 Å². The fourth-order valence-corrected chi connectivity index (χ4v) is 5.15. The van der Waals surface area contributed by atoms with Gasteiger partial charge in [0.1, 0.15) is 6.54 Å². The third-order valence-electron chi connectivity index (χ3n) is 6.27. The van der Waals surface area contributed by atoms with Crippen LogP contribution in [0.3, 0.4) is 0 Å². The van der Waals surface area contributed by atoms with Crippen molar-refractivity contribution in [2.75, 3.05) is 6.54 Å². The molecule has 0 amide bonds. The summed E-state index contributed by atoms with van der Waals surface area (Å²) in [4.78, 5) is 11.8. The number of rotatable bonds is 13. The predicted molar refractivity (Wildman–Crippen MR) is 132 cm³/mol. The van der Waals surface area contributed by atoms with E-state index in [9.17, 15) is 4.79 Å². The Balaban J connectivity index is 1.54. The maximum absolute atomic E-state index is 10.5. The smallest absolute Gasteiger partial charge is 0.303 e. The van der Waals surface area contributed by atoms with Crippen molar-refractivity contribution in [1.82, 2.24) is 0 Å². The van der Waals surface area contributed by atoms with Gasteiger partial charge in [-0.05, 0) is 44.2 Å². The van der Waals surface area contributed by atoms with E-state index in [1.807, 2.05) is 0 Å². The third kappa shape index (κ3) is 6.39. The van der Waals surface area contributed by atoms with Gasteiger partial charge in [0.05, 0.1) is 5.41 Å². The summed E-state index contributed by atoms with van der Waals surface area (Å²) in [6.07, 6.45) is 14.1. The fourth-order valence-electron chi connectivity index (χ4n) is 4.54. The maximum atomic E-state index is 10.5. The molecular formula is C27H36NO2S+. The Morgan fingerprint density at radius 3 is 2.29 bits per heavy atom. The van der Waals surface area contributed by atoms with E-state index < -0.39 is 5.97 Å². The van der Waals surface area contributed by atoms with Gasteiger partial charge in [-0.15, -0.1) is 11.3 Å². The van der Waals surface area contributed by atoms with Gasteiger partial charge in [-0.3, -0.25) is 4.79 Å². The number of hydrogen-bond donors (Lipinski definition) is 1. The zero-order valence-corrected chi connectivity index (χ0v) is 19.8. The monoisotopic (exact) mass is 438 g/mol. The summed E-state index contributed by atoms with van der Waals surface area (Å²) in [6, 6.07) is 13.1. The number of benzene rings is 1. The van der Waals surface area contributed by atoms with E-state index in [2.05, 4.69) is 72.4 Å². The first-order valence-corrected chi connectivity index (χ1v) is 12.6. The molecular weight excluding hydrogens is 402 g/mol.